The van der Waals surface area contributed by atoms with Crippen LogP contribution in [-0.2, 0) is 16.4 Å². The molecule has 0 fully saturated rings. The molecule has 0 aliphatic carbocycles. The highest BCUT2D eigenvalue weighted by atomic mass is 32.2. The summed E-state index contributed by atoms with van der Waals surface area (Å²) in [6, 6.07) is 16.2. The van der Waals surface area contributed by atoms with Crippen LogP contribution in [0.1, 0.15) is 11.1 Å². The van der Waals surface area contributed by atoms with E-state index in [2.05, 4.69) is 24.7 Å². The zero-order valence-electron chi connectivity index (χ0n) is 20.0. The summed E-state index contributed by atoms with van der Waals surface area (Å²) < 4.78 is 45.5. The number of rotatable bonds is 10. The van der Waals surface area contributed by atoms with Crippen molar-refractivity contribution in [2.45, 2.75) is 13.3 Å². The molecule has 36 heavy (non-hydrogen) atoms. The van der Waals surface area contributed by atoms with Crippen LogP contribution in [0.2, 0.25) is 0 Å². The van der Waals surface area contributed by atoms with Gasteiger partial charge in [-0.15, -0.1) is 0 Å². The first kappa shape index (κ1) is 24.9. The van der Waals surface area contributed by atoms with Crippen molar-refractivity contribution < 1.29 is 22.6 Å². The highest BCUT2D eigenvalue weighted by molar-refractivity contribution is 7.92. The average molecular weight is 508 g/mol. The summed E-state index contributed by atoms with van der Waals surface area (Å²) in [6.45, 7) is 1.97. The molecule has 2 aromatic heterocycles. The van der Waals surface area contributed by atoms with Gasteiger partial charge in [-0.25, -0.2) is 23.4 Å². The Labute approximate surface area is 209 Å². The van der Waals surface area contributed by atoms with Gasteiger partial charge >= 0.3 is 0 Å². The van der Waals surface area contributed by atoms with Crippen LogP contribution in [0.15, 0.2) is 67.0 Å². The van der Waals surface area contributed by atoms with Crippen molar-refractivity contribution in [1.29, 1.82) is 0 Å². The molecule has 0 amide bonds. The summed E-state index contributed by atoms with van der Waals surface area (Å²) in [5.74, 6) is 0.701. The second-order valence-corrected chi connectivity index (χ2v) is 9.56. The van der Waals surface area contributed by atoms with Gasteiger partial charge < -0.3 is 14.2 Å². The summed E-state index contributed by atoms with van der Waals surface area (Å²) in [5.41, 5.74) is 2.00. The third-order valence-corrected chi connectivity index (χ3v) is 6.35. The predicted octanol–water partition coefficient (Wildman–Crippen LogP) is 4.04. The van der Waals surface area contributed by atoms with Gasteiger partial charge in [0.1, 0.15) is 0 Å². The Balaban J connectivity index is 1.72. The van der Waals surface area contributed by atoms with Gasteiger partial charge in [-0.1, -0.05) is 42.0 Å². The number of hydrogen-bond donors (Lipinski definition) is 1. The highest BCUT2D eigenvalue weighted by Gasteiger charge is 2.24. The van der Waals surface area contributed by atoms with Gasteiger partial charge in [-0.05, 0) is 37.1 Å². The molecule has 0 aliphatic heterocycles. The summed E-state index contributed by atoms with van der Waals surface area (Å²) in [6.07, 6.45) is 3.38. The molecule has 4 aromatic rings. The molecule has 0 radical (unpaired) electrons. The second-order valence-electron chi connectivity index (χ2n) is 7.72. The van der Waals surface area contributed by atoms with Crippen molar-refractivity contribution in [3.05, 3.63) is 78.1 Å². The largest absolute Gasteiger partial charge is 0.493 e. The number of para-hydroxylation sites is 2. The quantitative estimate of drug-likeness (QED) is 0.338. The van der Waals surface area contributed by atoms with E-state index >= 15 is 0 Å². The maximum absolute atomic E-state index is 13.1. The van der Waals surface area contributed by atoms with E-state index in [9.17, 15) is 8.42 Å². The lowest BCUT2D eigenvalue weighted by Gasteiger charge is -2.17. The molecule has 2 heterocycles. The fourth-order valence-electron chi connectivity index (χ4n) is 3.26. The van der Waals surface area contributed by atoms with Crippen LogP contribution in [0.5, 0.6) is 23.1 Å². The van der Waals surface area contributed by atoms with Crippen LogP contribution in [0, 0.1) is 6.92 Å². The van der Waals surface area contributed by atoms with E-state index in [0.29, 0.717) is 17.9 Å². The standard InChI is InChI=1S/C25H25N5O5S/c1-17-9-11-18(12-10-17)13-16-36(31,32)30-22-21(35-20-8-5-4-7-19(20)33-2)25(34-3)29-24(28-22)23-26-14-6-15-27-23/h4-12,14-15H,13,16H2,1-3H3,(H,28,29,30). The van der Waals surface area contributed by atoms with Crippen molar-refractivity contribution in [3.63, 3.8) is 0 Å². The summed E-state index contributed by atoms with van der Waals surface area (Å²) in [7, 11) is -0.953. The lowest BCUT2D eigenvalue weighted by atomic mass is 10.1. The molecular weight excluding hydrogens is 482 g/mol. The molecule has 0 saturated heterocycles. The zero-order valence-corrected chi connectivity index (χ0v) is 20.8. The number of nitrogens with one attached hydrogen (secondary N) is 1. The van der Waals surface area contributed by atoms with Gasteiger partial charge in [-0.3, -0.25) is 4.72 Å². The van der Waals surface area contributed by atoms with Crippen LogP contribution < -0.4 is 18.9 Å². The molecule has 0 bridgehead atoms. The summed E-state index contributed by atoms with van der Waals surface area (Å²) in [5, 5.41) is 0. The van der Waals surface area contributed by atoms with E-state index in [1.54, 1.807) is 30.3 Å². The van der Waals surface area contributed by atoms with E-state index in [4.69, 9.17) is 14.2 Å². The zero-order chi connectivity index (χ0) is 25.5. The molecule has 186 valence electrons. The van der Waals surface area contributed by atoms with Crippen molar-refractivity contribution in [2.75, 3.05) is 24.7 Å². The molecule has 2 aromatic carbocycles. The molecule has 0 unspecified atom stereocenters. The molecule has 0 spiro atoms. The van der Waals surface area contributed by atoms with Gasteiger partial charge in [0, 0.05) is 12.4 Å². The summed E-state index contributed by atoms with van der Waals surface area (Å²) in [4.78, 5) is 17.0. The first-order valence-corrected chi connectivity index (χ1v) is 12.6. The highest BCUT2D eigenvalue weighted by Crippen LogP contribution is 2.40. The number of hydrogen-bond acceptors (Lipinski definition) is 9. The number of anilines is 1. The monoisotopic (exact) mass is 507 g/mol. The number of methoxy groups -OCH3 is 2. The molecule has 0 aliphatic rings. The minimum atomic E-state index is -3.85. The number of aromatic nitrogens is 4. The fourth-order valence-corrected chi connectivity index (χ4v) is 4.30. The summed E-state index contributed by atoms with van der Waals surface area (Å²) >= 11 is 0. The lowest BCUT2D eigenvalue weighted by molar-refractivity contribution is 0.348. The maximum atomic E-state index is 13.1. The number of benzene rings is 2. The average Bonchev–Trinajstić information content (AvgIpc) is 2.90. The Morgan fingerprint density at radius 1 is 0.833 bits per heavy atom. The number of sulfonamides is 1. The van der Waals surface area contributed by atoms with Crippen molar-refractivity contribution in [1.82, 2.24) is 19.9 Å². The second kappa shape index (κ2) is 11.0. The van der Waals surface area contributed by atoms with E-state index in [0.717, 1.165) is 11.1 Å². The Morgan fingerprint density at radius 3 is 2.19 bits per heavy atom. The number of nitrogens with zero attached hydrogens (tertiary/aromatic N) is 4. The number of ether oxygens (including phenoxy) is 3. The molecule has 1 N–H and O–H groups in total. The van der Waals surface area contributed by atoms with Gasteiger partial charge in [0.05, 0.1) is 20.0 Å². The molecule has 0 atom stereocenters. The Kier molecular flexibility index (Phi) is 7.59. The van der Waals surface area contributed by atoms with E-state index < -0.39 is 10.0 Å². The third-order valence-electron chi connectivity index (χ3n) is 5.11. The molecule has 4 rings (SSSR count). The lowest BCUT2D eigenvalue weighted by Crippen LogP contribution is -2.20. The minimum absolute atomic E-state index is 0.00501. The SMILES string of the molecule is COc1ccccc1Oc1c(NS(=O)(=O)CCc2ccc(C)cc2)nc(-c2ncccn2)nc1OC. The van der Waals surface area contributed by atoms with Crippen molar-refractivity contribution >= 4 is 15.8 Å². The molecule has 0 saturated carbocycles. The minimum Gasteiger partial charge on any atom is -0.493 e. The third kappa shape index (κ3) is 6.05. The molecule has 11 heteroatoms. The molecule has 10 nitrogen and oxygen atoms in total. The van der Waals surface area contributed by atoms with Crippen molar-refractivity contribution in [2.24, 2.45) is 0 Å². The van der Waals surface area contributed by atoms with Crippen LogP contribution >= 0.6 is 0 Å². The van der Waals surface area contributed by atoms with Crippen LogP contribution in [0.25, 0.3) is 11.6 Å². The topological polar surface area (TPSA) is 125 Å². The van der Waals surface area contributed by atoms with E-state index in [1.165, 1.54) is 26.6 Å². The molecular formula is C25H25N5O5S. The van der Waals surface area contributed by atoms with Gasteiger partial charge in [0.15, 0.2) is 23.1 Å². The van der Waals surface area contributed by atoms with E-state index in [-0.39, 0.29) is 34.8 Å². The Morgan fingerprint density at radius 2 is 1.53 bits per heavy atom. The van der Waals surface area contributed by atoms with Crippen LogP contribution in [0.4, 0.5) is 5.82 Å². The number of aryl methyl sites for hydroxylation is 2. The Bertz CT molecular complexity index is 1430. The first-order valence-electron chi connectivity index (χ1n) is 11.0. The van der Waals surface area contributed by atoms with Crippen LogP contribution in [0.3, 0.4) is 0 Å². The van der Waals surface area contributed by atoms with E-state index in [1.807, 2.05) is 31.2 Å². The maximum Gasteiger partial charge on any atom is 0.263 e. The first-order chi connectivity index (χ1) is 17.4. The van der Waals surface area contributed by atoms with Gasteiger partial charge in [0.25, 0.3) is 5.88 Å². The normalized spacial score (nSPS) is 11.1. The van der Waals surface area contributed by atoms with Crippen molar-refractivity contribution in [3.8, 4) is 34.8 Å². The van der Waals surface area contributed by atoms with Gasteiger partial charge in [-0.2, -0.15) is 4.98 Å². The predicted molar refractivity (Wildman–Crippen MR) is 135 cm³/mol. The fraction of sp³-hybridized carbons (Fsp3) is 0.200. The van der Waals surface area contributed by atoms with Gasteiger partial charge in [0.2, 0.25) is 21.6 Å². The van der Waals surface area contributed by atoms with Crippen LogP contribution in [-0.4, -0.2) is 48.3 Å². The Hall–Kier alpha value is -4.25. The smallest absolute Gasteiger partial charge is 0.263 e.